The topological polar surface area (TPSA) is 40.5 Å². The molecule has 0 aromatic carbocycles. The van der Waals surface area contributed by atoms with Crippen molar-refractivity contribution in [3.05, 3.63) is 0 Å². The zero-order valence-electron chi connectivity index (χ0n) is 11.7. The average molecular weight is 219 g/mol. The Balaban J connectivity index is 0.00000128. The van der Waals surface area contributed by atoms with Crippen LogP contribution in [0.4, 0.5) is 0 Å². The summed E-state index contributed by atoms with van der Waals surface area (Å²) in [7, 11) is 0. The van der Waals surface area contributed by atoms with E-state index in [0.29, 0.717) is 11.5 Å². The van der Waals surface area contributed by atoms with Gasteiger partial charge in [0, 0.05) is 12.6 Å². The van der Waals surface area contributed by atoms with Gasteiger partial charge in [0.05, 0.1) is 0 Å². The van der Waals surface area contributed by atoms with Crippen molar-refractivity contribution >= 4 is 5.97 Å². The fraction of sp³-hybridized carbons (Fsp3) is 0.917. The van der Waals surface area contributed by atoms with E-state index in [9.17, 15) is 4.79 Å². The van der Waals surface area contributed by atoms with Gasteiger partial charge in [-0.15, -0.1) is 0 Å². The number of hydrogen-bond donors (Lipinski definition) is 1. The van der Waals surface area contributed by atoms with E-state index in [0.717, 1.165) is 13.0 Å². The van der Waals surface area contributed by atoms with Gasteiger partial charge in [-0.1, -0.05) is 13.8 Å². The minimum Gasteiger partial charge on any atom is -1.00 e. The minimum absolute atomic E-state index is 0. The predicted molar refractivity (Wildman–Crippen MR) is 59.9 cm³/mol. The molecule has 3 nitrogen and oxygen atoms in total. The van der Waals surface area contributed by atoms with E-state index in [2.05, 4.69) is 18.7 Å². The Labute approximate surface area is 111 Å². The van der Waals surface area contributed by atoms with Crippen LogP contribution in [0, 0.1) is 5.41 Å². The second-order valence-corrected chi connectivity index (χ2v) is 5.78. The van der Waals surface area contributed by atoms with Gasteiger partial charge in [-0.25, -0.2) is 0 Å². The fourth-order valence-electron chi connectivity index (χ4n) is 2.83. The van der Waals surface area contributed by atoms with Crippen LogP contribution in [-0.2, 0) is 4.79 Å². The number of aliphatic carboxylic acids is 1. The van der Waals surface area contributed by atoms with Crippen LogP contribution in [0.25, 0.3) is 0 Å². The number of carboxylic acids is 1. The average Bonchev–Trinajstić information content (AvgIpc) is 2.05. The number of likely N-dealkylation sites (tertiary alicyclic amines) is 1. The van der Waals surface area contributed by atoms with E-state index in [4.69, 9.17) is 5.11 Å². The van der Waals surface area contributed by atoms with Crippen molar-refractivity contribution in [2.24, 2.45) is 5.41 Å². The molecule has 1 aliphatic heterocycles. The van der Waals surface area contributed by atoms with E-state index in [1.54, 1.807) is 0 Å². The molecule has 0 aromatic heterocycles. The van der Waals surface area contributed by atoms with Gasteiger partial charge in [-0.2, -0.15) is 0 Å². The molecule has 0 amide bonds. The third-order valence-electron chi connectivity index (χ3n) is 4.12. The van der Waals surface area contributed by atoms with Crippen molar-refractivity contribution in [3.8, 4) is 0 Å². The molecule has 16 heavy (non-hydrogen) atoms. The summed E-state index contributed by atoms with van der Waals surface area (Å²) in [6, 6.07) is 0.351. The first-order valence-corrected chi connectivity index (χ1v) is 5.98. The number of carboxylic acid groups (broad SMARTS) is 1. The Hall–Kier alpha value is 0.0274. The molecule has 1 atom stereocenters. The van der Waals surface area contributed by atoms with Gasteiger partial charge in [0.2, 0.25) is 0 Å². The van der Waals surface area contributed by atoms with E-state index in [1.165, 1.54) is 25.7 Å². The quantitative estimate of drug-likeness (QED) is 0.620. The van der Waals surface area contributed by atoms with E-state index >= 15 is 0 Å². The van der Waals surface area contributed by atoms with Crippen LogP contribution in [0.15, 0.2) is 0 Å². The first kappa shape index (κ1) is 14.1. The fourth-order valence-corrected chi connectivity index (χ4v) is 2.83. The molecular weight excluding hydrogens is 197 g/mol. The van der Waals surface area contributed by atoms with Gasteiger partial charge in [-0.05, 0) is 37.5 Å². The molecule has 1 saturated carbocycles. The molecule has 1 N–H and O–H groups in total. The number of carbonyl (C=O) groups is 1. The van der Waals surface area contributed by atoms with Crippen LogP contribution in [0.5, 0.6) is 0 Å². The zero-order chi connectivity index (χ0) is 11.1. The Morgan fingerprint density at radius 1 is 1.31 bits per heavy atom. The van der Waals surface area contributed by atoms with Gasteiger partial charge in [0.25, 0.3) is 0 Å². The Bertz CT molecular complexity index is 263. The van der Waals surface area contributed by atoms with E-state index < -0.39 is 5.97 Å². The van der Waals surface area contributed by atoms with Gasteiger partial charge >= 0.3 is 24.8 Å². The number of hydrogen-bond acceptors (Lipinski definition) is 2. The van der Waals surface area contributed by atoms with Crippen molar-refractivity contribution < 1.29 is 30.2 Å². The van der Waals surface area contributed by atoms with Gasteiger partial charge in [0.1, 0.15) is 6.04 Å². The standard InChI is InChI=1S/C12H21NO2.Li.H/c1-12(2)6-3-9(4-7-12)13-8-5-10(13)11(14)15;;/h9-10H,3-8H2,1-2H3,(H,14,15);;/q;+1;-1. The molecule has 0 bridgehead atoms. The predicted octanol–water partition coefficient (Wildman–Crippen LogP) is -0.769. The Morgan fingerprint density at radius 3 is 2.25 bits per heavy atom. The number of nitrogens with zero attached hydrogens (tertiary/aromatic N) is 1. The van der Waals surface area contributed by atoms with Gasteiger partial charge in [-0.3, -0.25) is 9.69 Å². The molecule has 4 heteroatoms. The molecule has 2 fully saturated rings. The second-order valence-electron chi connectivity index (χ2n) is 5.78. The summed E-state index contributed by atoms with van der Waals surface area (Å²) >= 11 is 0. The summed E-state index contributed by atoms with van der Waals surface area (Å²) in [6.45, 7) is 5.62. The molecule has 1 aliphatic carbocycles. The number of rotatable bonds is 2. The SMILES string of the molecule is CC1(C)CCC(N2CCC2C(=O)O)CC1.[H-].[Li+]. The normalized spacial score (nSPS) is 30.2. The third kappa shape index (κ3) is 2.83. The first-order valence-electron chi connectivity index (χ1n) is 5.98. The summed E-state index contributed by atoms with van der Waals surface area (Å²) < 4.78 is 0. The van der Waals surface area contributed by atoms with Crippen LogP contribution in [0.2, 0.25) is 0 Å². The molecule has 0 aromatic rings. The maximum atomic E-state index is 10.9. The van der Waals surface area contributed by atoms with Crippen molar-refractivity contribution in [2.45, 2.75) is 58.0 Å². The van der Waals surface area contributed by atoms with Gasteiger partial charge in [0.15, 0.2) is 0 Å². The van der Waals surface area contributed by atoms with Crippen LogP contribution >= 0.6 is 0 Å². The smallest absolute Gasteiger partial charge is 1.00 e. The summed E-state index contributed by atoms with van der Waals surface area (Å²) in [5.74, 6) is -0.633. The molecule has 0 radical (unpaired) electrons. The third-order valence-corrected chi connectivity index (χ3v) is 4.12. The minimum atomic E-state index is -0.633. The maximum absolute atomic E-state index is 10.9. The van der Waals surface area contributed by atoms with Crippen LogP contribution in [-0.4, -0.2) is 34.6 Å². The van der Waals surface area contributed by atoms with Crippen LogP contribution in [0.1, 0.15) is 47.4 Å². The molecular formula is C12H22LiNO2. The van der Waals surface area contributed by atoms with Gasteiger partial charge < -0.3 is 6.53 Å². The Kier molecular flexibility index (Phi) is 4.51. The monoisotopic (exact) mass is 219 g/mol. The first-order chi connectivity index (χ1) is 6.99. The van der Waals surface area contributed by atoms with Crippen molar-refractivity contribution in [1.29, 1.82) is 0 Å². The van der Waals surface area contributed by atoms with Crippen LogP contribution in [0.3, 0.4) is 0 Å². The summed E-state index contributed by atoms with van der Waals surface area (Å²) in [6.07, 6.45) is 5.67. The Morgan fingerprint density at radius 2 is 1.88 bits per heavy atom. The zero-order valence-corrected chi connectivity index (χ0v) is 10.7. The molecule has 2 aliphatic rings. The van der Waals surface area contributed by atoms with Crippen molar-refractivity contribution in [3.63, 3.8) is 0 Å². The van der Waals surface area contributed by atoms with Crippen molar-refractivity contribution in [1.82, 2.24) is 4.90 Å². The molecule has 0 spiro atoms. The molecule has 1 unspecified atom stereocenters. The molecule has 1 saturated heterocycles. The maximum Gasteiger partial charge on any atom is 1.00 e. The summed E-state index contributed by atoms with van der Waals surface area (Å²) in [5, 5.41) is 9.00. The van der Waals surface area contributed by atoms with Crippen molar-refractivity contribution in [2.75, 3.05) is 6.54 Å². The molecule has 1 heterocycles. The van der Waals surface area contributed by atoms with E-state index in [-0.39, 0.29) is 26.3 Å². The molecule has 2 rings (SSSR count). The second kappa shape index (κ2) is 5.12. The largest absolute Gasteiger partial charge is 1.00 e. The summed E-state index contributed by atoms with van der Waals surface area (Å²) in [5.41, 5.74) is 0.472. The molecule has 88 valence electrons. The van der Waals surface area contributed by atoms with Crippen LogP contribution < -0.4 is 18.9 Å². The van der Waals surface area contributed by atoms with E-state index in [1.807, 2.05) is 0 Å². The summed E-state index contributed by atoms with van der Waals surface area (Å²) in [4.78, 5) is 13.1.